The van der Waals surface area contributed by atoms with Gasteiger partial charge in [0.05, 0.1) is 23.1 Å². The van der Waals surface area contributed by atoms with Crippen molar-refractivity contribution >= 4 is 22.2 Å². The summed E-state index contributed by atoms with van der Waals surface area (Å²) in [5.41, 5.74) is 1.14. The van der Waals surface area contributed by atoms with Gasteiger partial charge in [-0.3, -0.25) is 4.68 Å². The van der Waals surface area contributed by atoms with E-state index in [4.69, 9.17) is 5.11 Å². The Kier molecular flexibility index (Phi) is 3.32. The number of rotatable bonds is 2. The summed E-state index contributed by atoms with van der Waals surface area (Å²) < 4.78 is 1.99. The number of nitrogens with zero attached hydrogens (tertiary/aromatic N) is 2. The van der Waals surface area contributed by atoms with E-state index in [-0.39, 0.29) is 6.61 Å². The second kappa shape index (κ2) is 5.27. The van der Waals surface area contributed by atoms with E-state index in [1.165, 1.54) is 4.88 Å². The average Bonchev–Trinajstić information content (AvgIpc) is 3.05. The standard InChI is InChI=1S/C15H12N2OS/c18-9-3-5-13-7-8-14(19-13)11-17-15-6-2-1-4-12(15)10-16-17/h1-2,4,6-8,10,18H,9,11H2. The van der Waals surface area contributed by atoms with Crippen molar-refractivity contribution in [3.63, 3.8) is 0 Å². The van der Waals surface area contributed by atoms with Crippen LogP contribution >= 0.6 is 11.3 Å². The molecule has 4 heteroatoms. The molecule has 19 heavy (non-hydrogen) atoms. The molecule has 0 bridgehead atoms. The molecule has 2 aromatic heterocycles. The molecule has 0 aliphatic heterocycles. The first kappa shape index (κ1) is 12.0. The number of hydrogen-bond donors (Lipinski definition) is 1. The Balaban J connectivity index is 1.87. The highest BCUT2D eigenvalue weighted by Crippen LogP contribution is 2.19. The van der Waals surface area contributed by atoms with Crippen LogP contribution in [-0.4, -0.2) is 21.5 Å². The van der Waals surface area contributed by atoms with E-state index < -0.39 is 0 Å². The van der Waals surface area contributed by atoms with Gasteiger partial charge in [0.25, 0.3) is 0 Å². The molecule has 2 heterocycles. The van der Waals surface area contributed by atoms with Crippen LogP contribution in [0.15, 0.2) is 42.6 Å². The number of thiophene rings is 1. The molecule has 0 amide bonds. The summed E-state index contributed by atoms with van der Waals surface area (Å²) in [6.45, 7) is 0.649. The topological polar surface area (TPSA) is 38.0 Å². The lowest BCUT2D eigenvalue weighted by Crippen LogP contribution is -1.98. The van der Waals surface area contributed by atoms with E-state index in [0.29, 0.717) is 0 Å². The van der Waals surface area contributed by atoms with Crippen molar-refractivity contribution in [2.24, 2.45) is 0 Å². The van der Waals surface area contributed by atoms with Gasteiger partial charge in [0, 0.05) is 10.3 Å². The summed E-state index contributed by atoms with van der Waals surface area (Å²) in [7, 11) is 0. The van der Waals surface area contributed by atoms with Crippen LogP contribution < -0.4 is 0 Å². The number of aliphatic hydroxyl groups excluding tert-OH is 1. The normalized spacial score (nSPS) is 10.4. The minimum absolute atomic E-state index is 0.100. The summed E-state index contributed by atoms with van der Waals surface area (Å²) in [4.78, 5) is 2.18. The first-order valence-electron chi connectivity index (χ1n) is 5.96. The third-order valence-electron chi connectivity index (χ3n) is 2.81. The molecule has 0 spiro atoms. The van der Waals surface area contributed by atoms with Crippen LogP contribution in [-0.2, 0) is 6.54 Å². The van der Waals surface area contributed by atoms with Gasteiger partial charge in [-0.1, -0.05) is 30.0 Å². The molecule has 0 unspecified atom stereocenters. The van der Waals surface area contributed by atoms with Gasteiger partial charge in [0.1, 0.15) is 6.61 Å². The number of fused-ring (bicyclic) bond motifs is 1. The maximum absolute atomic E-state index is 8.68. The molecule has 0 aliphatic carbocycles. The van der Waals surface area contributed by atoms with Gasteiger partial charge >= 0.3 is 0 Å². The molecule has 0 aliphatic rings. The average molecular weight is 268 g/mol. The van der Waals surface area contributed by atoms with Crippen molar-refractivity contribution in [1.29, 1.82) is 0 Å². The third-order valence-corrected chi connectivity index (χ3v) is 3.79. The van der Waals surface area contributed by atoms with Crippen molar-refractivity contribution in [3.8, 4) is 11.8 Å². The molecule has 0 fully saturated rings. The largest absolute Gasteiger partial charge is 0.384 e. The summed E-state index contributed by atoms with van der Waals surface area (Å²) in [5, 5.41) is 14.2. The maximum atomic E-state index is 8.68. The number of hydrogen-bond acceptors (Lipinski definition) is 3. The van der Waals surface area contributed by atoms with Gasteiger partial charge in [0.2, 0.25) is 0 Å². The Labute approximate surface area is 115 Å². The minimum Gasteiger partial charge on any atom is -0.384 e. The van der Waals surface area contributed by atoms with E-state index in [0.717, 1.165) is 22.3 Å². The zero-order chi connectivity index (χ0) is 13.1. The summed E-state index contributed by atoms with van der Waals surface area (Å²) in [5.74, 6) is 5.58. The van der Waals surface area contributed by atoms with Crippen LogP contribution in [0.2, 0.25) is 0 Å². The van der Waals surface area contributed by atoms with E-state index in [9.17, 15) is 0 Å². The lowest BCUT2D eigenvalue weighted by Gasteiger charge is -2.00. The monoisotopic (exact) mass is 268 g/mol. The van der Waals surface area contributed by atoms with E-state index in [1.54, 1.807) is 11.3 Å². The Morgan fingerprint density at radius 1 is 1.21 bits per heavy atom. The van der Waals surface area contributed by atoms with Crippen LogP contribution in [0.1, 0.15) is 9.75 Å². The highest BCUT2D eigenvalue weighted by Gasteiger charge is 2.04. The fourth-order valence-electron chi connectivity index (χ4n) is 1.96. The Morgan fingerprint density at radius 2 is 2.11 bits per heavy atom. The number of benzene rings is 1. The molecule has 0 radical (unpaired) electrons. The van der Waals surface area contributed by atoms with Gasteiger partial charge in [0.15, 0.2) is 0 Å². The Hall–Kier alpha value is -2.09. The van der Waals surface area contributed by atoms with E-state index >= 15 is 0 Å². The Bertz CT molecular complexity index is 761. The first-order valence-corrected chi connectivity index (χ1v) is 6.77. The molecule has 3 aromatic rings. The van der Waals surface area contributed by atoms with Crippen molar-refractivity contribution in [2.45, 2.75) is 6.54 Å². The van der Waals surface area contributed by atoms with Gasteiger partial charge in [-0.2, -0.15) is 5.10 Å². The van der Waals surface area contributed by atoms with E-state index in [2.05, 4.69) is 35.1 Å². The first-order chi connectivity index (χ1) is 9.36. The zero-order valence-corrected chi connectivity index (χ0v) is 11.0. The zero-order valence-electron chi connectivity index (χ0n) is 10.2. The van der Waals surface area contributed by atoms with Crippen LogP contribution in [0.25, 0.3) is 10.9 Å². The van der Waals surface area contributed by atoms with Gasteiger partial charge in [-0.15, -0.1) is 11.3 Å². The molecule has 1 N–H and O–H groups in total. The smallest absolute Gasteiger partial charge is 0.104 e. The van der Waals surface area contributed by atoms with Crippen molar-refractivity contribution in [3.05, 3.63) is 52.3 Å². The second-order valence-corrected chi connectivity index (χ2v) is 5.26. The number of aromatic nitrogens is 2. The van der Waals surface area contributed by atoms with E-state index in [1.807, 2.05) is 29.1 Å². The Morgan fingerprint density at radius 3 is 3.00 bits per heavy atom. The lowest BCUT2D eigenvalue weighted by molar-refractivity contribution is 0.350. The third kappa shape index (κ3) is 2.53. The summed E-state index contributed by atoms with van der Waals surface area (Å²) >= 11 is 1.63. The van der Waals surface area contributed by atoms with Gasteiger partial charge in [-0.05, 0) is 18.2 Å². The molecule has 0 saturated heterocycles. The predicted molar refractivity (Wildman–Crippen MR) is 77.1 cm³/mol. The fraction of sp³-hybridized carbons (Fsp3) is 0.133. The van der Waals surface area contributed by atoms with Crippen LogP contribution in [0, 0.1) is 11.8 Å². The van der Waals surface area contributed by atoms with Crippen molar-refractivity contribution < 1.29 is 5.11 Å². The van der Waals surface area contributed by atoms with Gasteiger partial charge < -0.3 is 5.11 Å². The molecule has 0 saturated carbocycles. The number of aliphatic hydroxyl groups is 1. The molecule has 0 atom stereocenters. The number of para-hydroxylation sites is 1. The minimum atomic E-state index is -0.100. The molecule has 94 valence electrons. The summed E-state index contributed by atoms with van der Waals surface area (Å²) in [6.07, 6.45) is 1.88. The molecular weight excluding hydrogens is 256 g/mol. The quantitative estimate of drug-likeness (QED) is 0.725. The second-order valence-electron chi connectivity index (χ2n) is 4.09. The van der Waals surface area contributed by atoms with Crippen molar-refractivity contribution in [2.75, 3.05) is 6.61 Å². The van der Waals surface area contributed by atoms with Gasteiger partial charge in [-0.25, -0.2) is 0 Å². The molecular formula is C15H12N2OS. The predicted octanol–water partition coefficient (Wildman–Crippen LogP) is 2.49. The fourth-order valence-corrected chi connectivity index (χ4v) is 2.82. The van der Waals surface area contributed by atoms with Crippen LogP contribution in [0.5, 0.6) is 0 Å². The molecule has 1 aromatic carbocycles. The highest BCUT2D eigenvalue weighted by atomic mass is 32.1. The molecule has 3 rings (SSSR count). The van der Waals surface area contributed by atoms with Crippen LogP contribution in [0.3, 0.4) is 0 Å². The van der Waals surface area contributed by atoms with Crippen molar-refractivity contribution in [1.82, 2.24) is 9.78 Å². The lowest BCUT2D eigenvalue weighted by atomic mass is 10.2. The highest BCUT2D eigenvalue weighted by molar-refractivity contribution is 7.12. The van der Waals surface area contributed by atoms with Crippen LogP contribution in [0.4, 0.5) is 0 Å². The molecule has 3 nitrogen and oxygen atoms in total. The SMILES string of the molecule is OCC#Cc1ccc(Cn2ncc3ccccc32)s1. The maximum Gasteiger partial charge on any atom is 0.104 e. The summed E-state index contributed by atoms with van der Waals surface area (Å²) in [6, 6.07) is 12.2.